The van der Waals surface area contributed by atoms with Crippen LogP contribution in [0.1, 0.15) is 22.0 Å². The van der Waals surface area contributed by atoms with Crippen LogP contribution in [0.3, 0.4) is 0 Å². The van der Waals surface area contributed by atoms with Gasteiger partial charge in [0.2, 0.25) is 0 Å². The van der Waals surface area contributed by atoms with E-state index < -0.39 is 0 Å². The third kappa shape index (κ3) is 2.32. The second-order valence-electron chi connectivity index (χ2n) is 4.59. The van der Waals surface area contributed by atoms with Crippen LogP contribution in [0.15, 0.2) is 48.5 Å². The van der Waals surface area contributed by atoms with Crippen molar-refractivity contribution in [1.29, 1.82) is 0 Å². The number of hydrogen-bond acceptors (Lipinski definition) is 3. The summed E-state index contributed by atoms with van der Waals surface area (Å²) in [5.41, 5.74) is 1.54. The van der Waals surface area contributed by atoms with Gasteiger partial charge in [0.1, 0.15) is 17.6 Å². The monoisotopic (exact) mass is 269 g/mol. The molecule has 0 aliphatic carbocycles. The number of methoxy groups -OCH3 is 1. The lowest BCUT2D eigenvalue weighted by molar-refractivity contribution is 0.0951. The number of ether oxygens (including phenoxy) is 2. The first-order valence-corrected chi connectivity index (χ1v) is 6.46. The fourth-order valence-corrected chi connectivity index (χ4v) is 2.26. The van der Waals surface area contributed by atoms with Gasteiger partial charge in [-0.05, 0) is 29.8 Å². The van der Waals surface area contributed by atoms with Gasteiger partial charge in [-0.15, -0.1) is 0 Å². The van der Waals surface area contributed by atoms with E-state index in [1.807, 2.05) is 42.5 Å². The predicted octanol–water partition coefficient (Wildman–Crippen LogP) is 2.56. The van der Waals surface area contributed by atoms with E-state index in [2.05, 4.69) is 5.32 Å². The number of carbonyl (C=O) groups excluding carboxylic acids is 1. The number of rotatable bonds is 2. The maximum absolute atomic E-state index is 12.0. The lowest BCUT2D eigenvalue weighted by Gasteiger charge is -2.17. The molecule has 20 heavy (non-hydrogen) atoms. The Balaban J connectivity index is 1.94. The zero-order chi connectivity index (χ0) is 13.9. The molecule has 2 aromatic rings. The van der Waals surface area contributed by atoms with Crippen molar-refractivity contribution in [3.63, 3.8) is 0 Å². The molecule has 3 rings (SSSR count). The third-order valence-corrected chi connectivity index (χ3v) is 3.31. The zero-order valence-corrected chi connectivity index (χ0v) is 11.1. The first-order valence-electron chi connectivity index (χ1n) is 6.46. The minimum atomic E-state index is -0.224. The van der Waals surface area contributed by atoms with E-state index >= 15 is 0 Å². The molecule has 1 aliphatic rings. The minimum Gasteiger partial charge on any atom is -0.497 e. The second kappa shape index (κ2) is 5.25. The summed E-state index contributed by atoms with van der Waals surface area (Å²) >= 11 is 0. The van der Waals surface area contributed by atoms with E-state index in [4.69, 9.17) is 9.47 Å². The number of carbonyl (C=O) groups is 1. The fraction of sp³-hybridized carbons (Fsp3) is 0.188. The minimum absolute atomic E-state index is 0.106. The Labute approximate surface area is 117 Å². The van der Waals surface area contributed by atoms with Crippen LogP contribution < -0.4 is 14.8 Å². The van der Waals surface area contributed by atoms with Gasteiger partial charge in [-0.25, -0.2) is 0 Å². The van der Waals surface area contributed by atoms with Crippen LogP contribution in [0, 0.1) is 0 Å². The van der Waals surface area contributed by atoms with E-state index in [0.717, 1.165) is 11.3 Å². The molecule has 1 N–H and O–H groups in total. The molecule has 0 aromatic heterocycles. The predicted molar refractivity (Wildman–Crippen MR) is 75.1 cm³/mol. The Morgan fingerprint density at radius 1 is 1.20 bits per heavy atom. The van der Waals surface area contributed by atoms with Gasteiger partial charge < -0.3 is 14.8 Å². The van der Waals surface area contributed by atoms with Gasteiger partial charge in [0.25, 0.3) is 5.91 Å². The van der Waals surface area contributed by atoms with Crippen molar-refractivity contribution in [2.75, 3.05) is 13.7 Å². The van der Waals surface area contributed by atoms with Gasteiger partial charge in [-0.2, -0.15) is 0 Å². The Kier molecular flexibility index (Phi) is 3.29. The molecule has 0 radical (unpaired) electrons. The molecule has 0 saturated heterocycles. The Bertz CT molecular complexity index is 639. The van der Waals surface area contributed by atoms with E-state index in [0.29, 0.717) is 17.9 Å². The SMILES string of the molecule is COc1cccc(C2CNC(=O)c3ccccc3O2)c1. The summed E-state index contributed by atoms with van der Waals surface area (Å²) < 4.78 is 11.2. The van der Waals surface area contributed by atoms with Crippen LogP contribution in [0.2, 0.25) is 0 Å². The lowest BCUT2D eigenvalue weighted by Crippen LogP contribution is -2.26. The van der Waals surface area contributed by atoms with Gasteiger partial charge in [0.15, 0.2) is 0 Å². The van der Waals surface area contributed by atoms with Crippen molar-refractivity contribution >= 4 is 5.91 Å². The highest BCUT2D eigenvalue weighted by Crippen LogP contribution is 2.29. The molecule has 2 aromatic carbocycles. The number of benzene rings is 2. The van der Waals surface area contributed by atoms with Gasteiger partial charge in [-0.3, -0.25) is 4.79 Å². The standard InChI is InChI=1S/C16H15NO3/c1-19-12-6-4-5-11(9-12)15-10-17-16(18)13-7-2-3-8-14(13)20-15/h2-9,15H,10H2,1H3,(H,17,18). The van der Waals surface area contributed by atoms with Gasteiger partial charge in [-0.1, -0.05) is 24.3 Å². The summed E-state index contributed by atoms with van der Waals surface area (Å²) in [5, 5.41) is 2.88. The van der Waals surface area contributed by atoms with Crippen LogP contribution in [0.5, 0.6) is 11.5 Å². The summed E-state index contributed by atoms with van der Waals surface area (Å²) in [5.74, 6) is 1.27. The Morgan fingerprint density at radius 3 is 2.90 bits per heavy atom. The zero-order valence-electron chi connectivity index (χ0n) is 11.1. The van der Waals surface area contributed by atoms with Gasteiger partial charge in [0, 0.05) is 0 Å². The fourth-order valence-electron chi connectivity index (χ4n) is 2.26. The number of fused-ring (bicyclic) bond motifs is 1. The highest BCUT2D eigenvalue weighted by molar-refractivity contribution is 5.97. The Hall–Kier alpha value is -2.49. The summed E-state index contributed by atoms with van der Waals surface area (Å²) in [6, 6.07) is 14.9. The molecule has 4 heteroatoms. The van der Waals surface area contributed by atoms with Crippen LogP contribution in [0.25, 0.3) is 0 Å². The average Bonchev–Trinajstić information content (AvgIpc) is 2.67. The number of para-hydroxylation sites is 1. The first kappa shape index (κ1) is 12.5. The normalized spacial score (nSPS) is 17.4. The van der Waals surface area contributed by atoms with E-state index in [1.54, 1.807) is 13.2 Å². The molecule has 1 heterocycles. The molecule has 0 saturated carbocycles. The van der Waals surface area contributed by atoms with Crippen LogP contribution in [-0.2, 0) is 0 Å². The summed E-state index contributed by atoms with van der Waals surface area (Å²) in [7, 11) is 1.63. The van der Waals surface area contributed by atoms with Gasteiger partial charge >= 0.3 is 0 Å². The van der Waals surface area contributed by atoms with Crippen LogP contribution >= 0.6 is 0 Å². The largest absolute Gasteiger partial charge is 0.497 e. The maximum atomic E-state index is 12.0. The molecular formula is C16H15NO3. The van der Waals surface area contributed by atoms with E-state index in [9.17, 15) is 4.79 Å². The topological polar surface area (TPSA) is 47.6 Å². The van der Waals surface area contributed by atoms with Crippen LogP contribution in [-0.4, -0.2) is 19.6 Å². The molecule has 0 bridgehead atoms. The van der Waals surface area contributed by atoms with Gasteiger partial charge in [0.05, 0.1) is 19.2 Å². The highest BCUT2D eigenvalue weighted by Gasteiger charge is 2.23. The summed E-state index contributed by atoms with van der Waals surface area (Å²) in [6.07, 6.45) is -0.224. The Morgan fingerprint density at radius 2 is 2.05 bits per heavy atom. The molecule has 1 amide bonds. The molecule has 0 spiro atoms. The molecule has 4 nitrogen and oxygen atoms in total. The molecule has 1 aliphatic heterocycles. The smallest absolute Gasteiger partial charge is 0.255 e. The summed E-state index contributed by atoms with van der Waals surface area (Å²) in [6.45, 7) is 0.431. The van der Waals surface area contributed by atoms with Crippen molar-refractivity contribution in [2.24, 2.45) is 0 Å². The van der Waals surface area contributed by atoms with Crippen LogP contribution in [0.4, 0.5) is 0 Å². The van der Waals surface area contributed by atoms with Crippen molar-refractivity contribution in [1.82, 2.24) is 5.32 Å². The average molecular weight is 269 g/mol. The molecule has 102 valence electrons. The number of nitrogens with one attached hydrogen (secondary N) is 1. The number of amides is 1. The molecule has 1 atom stereocenters. The maximum Gasteiger partial charge on any atom is 0.255 e. The molecular weight excluding hydrogens is 254 g/mol. The van der Waals surface area contributed by atoms with Crippen molar-refractivity contribution < 1.29 is 14.3 Å². The number of hydrogen-bond donors (Lipinski definition) is 1. The van der Waals surface area contributed by atoms with Crippen molar-refractivity contribution in [3.8, 4) is 11.5 Å². The third-order valence-electron chi connectivity index (χ3n) is 3.31. The quantitative estimate of drug-likeness (QED) is 0.911. The first-order chi connectivity index (χ1) is 9.78. The molecule has 1 unspecified atom stereocenters. The lowest BCUT2D eigenvalue weighted by atomic mass is 10.1. The molecule has 0 fully saturated rings. The van der Waals surface area contributed by atoms with Crippen molar-refractivity contribution in [2.45, 2.75) is 6.10 Å². The second-order valence-corrected chi connectivity index (χ2v) is 4.59. The van der Waals surface area contributed by atoms with E-state index in [1.165, 1.54) is 0 Å². The van der Waals surface area contributed by atoms with Crippen molar-refractivity contribution in [3.05, 3.63) is 59.7 Å². The summed E-state index contributed by atoms with van der Waals surface area (Å²) in [4.78, 5) is 12.0. The highest BCUT2D eigenvalue weighted by atomic mass is 16.5. The van der Waals surface area contributed by atoms with E-state index in [-0.39, 0.29) is 12.0 Å².